The lowest BCUT2D eigenvalue weighted by Crippen LogP contribution is -2.27. The second-order valence-electron chi connectivity index (χ2n) is 4.27. The smallest absolute Gasteiger partial charge is 0.0891 e. The molecule has 0 spiro atoms. The van der Waals surface area contributed by atoms with Crippen LogP contribution in [0.15, 0.2) is 18.2 Å². The van der Waals surface area contributed by atoms with Crippen molar-refractivity contribution >= 4 is 11.6 Å². The number of hydrogen-bond donors (Lipinski definition) is 1. The third-order valence-corrected chi connectivity index (χ3v) is 3.29. The molecule has 1 rings (SSSR count). The fourth-order valence-electron chi connectivity index (χ4n) is 1.24. The van der Waals surface area contributed by atoms with E-state index in [-0.39, 0.29) is 5.92 Å². The molecule has 1 N–H and O–H groups in total. The first-order valence-electron chi connectivity index (χ1n) is 4.84. The molecular formula is C12H17ClO. The maximum Gasteiger partial charge on any atom is 0.0891 e. The summed E-state index contributed by atoms with van der Waals surface area (Å²) in [4.78, 5) is 0. The molecule has 0 saturated carbocycles. The van der Waals surface area contributed by atoms with E-state index in [0.717, 1.165) is 11.1 Å². The number of benzene rings is 1. The molecule has 1 aromatic carbocycles. The van der Waals surface area contributed by atoms with Gasteiger partial charge in [-0.2, -0.15) is 0 Å². The predicted molar refractivity (Wildman–Crippen MR) is 60.6 cm³/mol. The monoisotopic (exact) mass is 212 g/mol. The van der Waals surface area contributed by atoms with Crippen LogP contribution < -0.4 is 0 Å². The van der Waals surface area contributed by atoms with Crippen molar-refractivity contribution < 1.29 is 5.11 Å². The third-order valence-electron chi connectivity index (χ3n) is 2.88. The quantitative estimate of drug-likeness (QED) is 0.796. The Bertz CT molecular complexity index is 329. The molecule has 0 aliphatic carbocycles. The highest BCUT2D eigenvalue weighted by Gasteiger charge is 2.27. The normalized spacial score (nSPS) is 15.6. The summed E-state index contributed by atoms with van der Waals surface area (Å²) in [5.41, 5.74) is 1.11. The van der Waals surface area contributed by atoms with Gasteiger partial charge in [-0.3, -0.25) is 0 Å². The van der Waals surface area contributed by atoms with Crippen molar-refractivity contribution in [1.29, 1.82) is 0 Å². The van der Waals surface area contributed by atoms with Gasteiger partial charge in [-0.15, -0.1) is 0 Å². The molecule has 14 heavy (non-hydrogen) atoms. The zero-order valence-electron chi connectivity index (χ0n) is 9.13. The van der Waals surface area contributed by atoms with Gasteiger partial charge in [-0.05, 0) is 37.0 Å². The summed E-state index contributed by atoms with van der Waals surface area (Å²) in [7, 11) is 0. The zero-order chi connectivity index (χ0) is 10.9. The van der Waals surface area contributed by atoms with Crippen molar-refractivity contribution in [3.63, 3.8) is 0 Å². The minimum Gasteiger partial charge on any atom is -0.385 e. The standard InChI is InChI=1S/C12H17ClO/c1-8(2)12(4,14)10-6-5-9(3)11(13)7-10/h5-8,14H,1-4H3/t12-/m0/s1. The van der Waals surface area contributed by atoms with Crippen LogP contribution in [0.2, 0.25) is 5.02 Å². The molecule has 0 aliphatic heterocycles. The molecule has 0 radical (unpaired) electrons. The van der Waals surface area contributed by atoms with Crippen LogP contribution in [0.4, 0.5) is 0 Å². The number of rotatable bonds is 2. The van der Waals surface area contributed by atoms with E-state index in [1.54, 1.807) is 0 Å². The minimum atomic E-state index is -0.808. The van der Waals surface area contributed by atoms with Crippen molar-refractivity contribution in [2.75, 3.05) is 0 Å². The van der Waals surface area contributed by atoms with Crippen LogP contribution in [0, 0.1) is 12.8 Å². The largest absolute Gasteiger partial charge is 0.385 e. The first-order valence-corrected chi connectivity index (χ1v) is 5.22. The van der Waals surface area contributed by atoms with Gasteiger partial charge in [-0.1, -0.05) is 37.6 Å². The first-order chi connectivity index (χ1) is 6.35. The van der Waals surface area contributed by atoms with Crippen molar-refractivity contribution in [3.8, 4) is 0 Å². The maximum absolute atomic E-state index is 10.2. The number of hydrogen-bond acceptors (Lipinski definition) is 1. The summed E-state index contributed by atoms with van der Waals surface area (Å²) in [6.45, 7) is 7.76. The molecule has 2 heteroatoms. The Morgan fingerprint density at radius 1 is 1.36 bits per heavy atom. The topological polar surface area (TPSA) is 20.2 Å². The fraction of sp³-hybridized carbons (Fsp3) is 0.500. The van der Waals surface area contributed by atoms with E-state index in [9.17, 15) is 5.11 Å². The highest BCUT2D eigenvalue weighted by molar-refractivity contribution is 6.31. The molecule has 0 heterocycles. The second-order valence-corrected chi connectivity index (χ2v) is 4.67. The van der Waals surface area contributed by atoms with Crippen LogP contribution in [0.25, 0.3) is 0 Å². The van der Waals surface area contributed by atoms with Crippen molar-refractivity contribution in [2.45, 2.75) is 33.3 Å². The maximum atomic E-state index is 10.2. The van der Waals surface area contributed by atoms with Crippen LogP contribution >= 0.6 is 11.6 Å². The fourth-order valence-corrected chi connectivity index (χ4v) is 1.42. The van der Waals surface area contributed by atoms with Gasteiger partial charge in [0.25, 0.3) is 0 Å². The Balaban J connectivity index is 3.14. The van der Waals surface area contributed by atoms with Crippen LogP contribution in [-0.4, -0.2) is 5.11 Å². The lowest BCUT2D eigenvalue weighted by molar-refractivity contribution is 0.00905. The Hall–Kier alpha value is -0.530. The second kappa shape index (κ2) is 3.92. The lowest BCUT2D eigenvalue weighted by Gasteiger charge is -2.28. The summed E-state index contributed by atoms with van der Waals surface area (Å²) in [6, 6.07) is 5.71. The Kier molecular flexibility index (Phi) is 3.23. The number of halogens is 1. The van der Waals surface area contributed by atoms with Gasteiger partial charge in [-0.25, -0.2) is 0 Å². The predicted octanol–water partition coefficient (Wildman–Crippen LogP) is 3.51. The summed E-state index contributed by atoms with van der Waals surface area (Å²) in [6.07, 6.45) is 0. The Morgan fingerprint density at radius 2 is 1.93 bits per heavy atom. The minimum absolute atomic E-state index is 0.168. The Morgan fingerprint density at radius 3 is 2.36 bits per heavy atom. The van der Waals surface area contributed by atoms with E-state index in [2.05, 4.69) is 0 Å². The average molecular weight is 213 g/mol. The Labute approximate surface area is 90.7 Å². The van der Waals surface area contributed by atoms with Gasteiger partial charge in [0.2, 0.25) is 0 Å². The summed E-state index contributed by atoms with van der Waals surface area (Å²) in [5.74, 6) is 0.168. The molecule has 0 fully saturated rings. The molecule has 0 amide bonds. The van der Waals surface area contributed by atoms with Crippen LogP contribution in [0.3, 0.4) is 0 Å². The van der Waals surface area contributed by atoms with Gasteiger partial charge in [0.1, 0.15) is 0 Å². The van der Waals surface area contributed by atoms with Crippen molar-refractivity contribution in [2.24, 2.45) is 5.92 Å². The highest BCUT2D eigenvalue weighted by Crippen LogP contribution is 2.31. The average Bonchev–Trinajstić information content (AvgIpc) is 2.09. The van der Waals surface area contributed by atoms with Gasteiger partial charge in [0.05, 0.1) is 5.60 Å². The SMILES string of the molecule is Cc1ccc([C@@](C)(O)C(C)C)cc1Cl. The van der Waals surface area contributed by atoms with E-state index < -0.39 is 5.60 Å². The third kappa shape index (κ3) is 2.10. The van der Waals surface area contributed by atoms with Crippen LogP contribution in [-0.2, 0) is 5.60 Å². The molecule has 1 atom stereocenters. The van der Waals surface area contributed by atoms with Crippen LogP contribution in [0.1, 0.15) is 31.9 Å². The molecule has 1 aromatic rings. The van der Waals surface area contributed by atoms with Gasteiger partial charge < -0.3 is 5.11 Å². The molecule has 0 aromatic heterocycles. The molecule has 0 saturated heterocycles. The van der Waals surface area contributed by atoms with E-state index in [0.29, 0.717) is 5.02 Å². The first kappa shape index (κ1) is 11.5. The van der Waals surface area contributed by atoms with E-state index >= 15 is 0 Å². The van der Waals surface area contributed by atoms with Gasteiger partial charge in [0.15, 0.2) is 0 Å². The molecule has 0 aliphatic rings. The molecule has 0 bridgehead atoms. The molecule has 0 unspecified atom stereocenters. The zero-order valence-corrected chi connectivity index (χ0v) is 9.89. The van der Waals surface area contributed by atoms with Crippen LogP contribution in [0.5, 0.6) is 0 Å². The summed E-state index contributed by atoms with van der Waals surface area (Å²) < 4.78 is 0. The van der Waals surface area contributed by atoms with E-state index in [1.807, 2.05) is 45.9 Å². The number of aliphatic hydroxyl groups is 1. The highest BCUT2D eigenvalue weighted by atomic mass is 35.5. The molecule has 78 valence electrons. The van der Waals surface area contributed by atoms with E-state index in [4.69, 9.17) is 11.6 Å². The number of aryl methyl sites for hydroxylation is 1. The van der Waals surface area contributed by atoms with Crippen molar-refractivity contribution in [1.82, 2.24) is 0 Å². The van der Waals surface area contributed by atoms with Gasteiger partial charge in [0, 0.05) is 5.02 Å². The summed E-state index contributed by atoms with van der Waals surface area (Å²) >= 11 is 6.01. The lowest BCUT2D eigenvalue weighted by atomic mass is 9.85. The molecule has 1 nitrogen and oxygen atoms in total. The molecular weight excluding hydrogens is 196 g/mol. The van der Waals surface area contributed by atoms with E-state index in [1.165, 1.54) is 0 Å². The van der Waals surface area contributed by atoms with Crippen molar-refractivity contribution in [3.05, 3.63) is 34.3 Å². The summed E-state index contributed by atoms with van der Waals surface area (Å²) in [5, 5.41) is 10.9. The van der Waals surface area contributed by atoms with Gasteiger partial charge >= 0.3 is 0 Å².